The first-order chi connectivity index (χ1) is 11.6. The average Bonchev–Trinajstić information content (AvgIpc) is 3.10. The van der Waals surface area contributed by atoms with Gasteiger partial charge >= 0.3 is 0 Å². The molecule has 0 spiro atoms. The Kier molecular flexibility index (Phi) is 4.98. The van der Waals surface area contributed by atoms with E-state index < -0.39 is 5.91 Å². The lowest BCUT2D eigenvalue weighted by atomic mass is 10.2. The Labute approximate surface area is 147 Å². The topological polar surface area (TPSA) is 80.0 Å². The summed E-state index contributed by atoms with van der Waals surface area (Å²) in [5.74, 6) is 0.745. The molecule has 1 aromatic carbocycles. The fourth-order valence-corrected chi connectivity index (χ4v) is 2.41. The average molecular weight is 363 g/mol. The van der Waals surface area contributed by atoms with E-state index in [9.17, 15) is 4.79 Å². The molecule has 122 valence electrons. The number of benzene rings is 1. The minimum atomic E-state index is -0.400. The van der Waals surface area contributed by atoms with Gasteiger partial charge in [-0.2, -0.15) is 0 Å². The third-order valence-corrected chi connectivity index (χ3v) is 3.75. The monoisotopic (exact) mass is 362 g/mol. The Morgan fingerprint density at radius 1 is 1.08 bits per heavy atom. The predicted molar refractivity (Wildman–Crippen MR) is 92.5 cm³/mol. The van der Waals surface area contributed by atoms with Crippen LogP contribution in [-0.2, 0) is 6.54 Å². The number of hydrogen-bond donors (Lipinski definition) is 2. The summed E-state index contributed by atoms with van der Waals surface area (Å²) in [6.07, 6.45) is 4.42. The van der Waals surface area contributed by atoms with E-state index in [4.69, 9.17) is 27.6 Å². The van der Waals surface area contributed by atoms with Gasteiger partial charge in [-0.3, -0.25) is 4.79 Å². The molecule has 2 N–H and O–H groups in total. The van der Waals surface area contributed by atoms with Gasteiger partial charge in [-0.15, -0.1) is 0 Å². The Morgan fingerprint density at radius 3 is 2.42 bits per heavy atom. The molecule has 0 aliphatic carbocycles. The predicted octanol–water partition coefficient (Wildman–Crippen LogP) is 4.24. The van der Waals surface area contributed by atoms with Gasteiger partial charge in [-0.05, 0) is 24.3 Å². The lowest BCUT2D eigenvalue weighted by Gasteiger charge is -2.09. The zero-order valence-electron chi connectivity index (χ0n) is 12.3. The summed E-state index contributed by atoms with van der Waals surface area (Å²) >= 11 is 12.1. The molecule has 0 aliphatic heterocycles. The van der Waals surface area contributed by atoms with E-state index in [1.54, 1.807) is 30.5 Å². The molecule has 3 rings (SSSR count). The number of halogens is 2. The van der Waals surface area contributed by atoms with Crippen LogP contribution in [0.25, 0.3) is 0 Å². The fourth-order valence-electron chi connectivity index (χ4n) is 1.92. The van der Waals surface area contributed by atoms with Gasteiger partial charge in [-0.1, -0.05) is 29.3 Å². The number of aromatic nitrogens is 2. The van der Waals surface area contributed by atoms with Gasteiger partial charge in [0.15, 0.2) is 0 Å². The van der Waals surface area contributed by atoms with Crippen molar-refractivity contribution in [3.8, 4) is 0 Å². The van der Waals surface area contributed by atoms with Crippen molar-refractivity contribution in [1.29, 1.82) is 0 Å². The zero-order chi connectivity index (χ0) is 16.9. The molecule has 0 unspecified atom stereocenters. The van der Waals surface area contributed by atoms with Crippen LogP contribution in [0, 0.1) is 0 Å². The standard InChI is InChI=1S/C16H12Cl2N4O2/c17-12-4-1-5-13(18)14(12)22-15(23)10-7-19-16(20-8-10)21-9-11-3-2-6-24-11/h1-8H,9H2,(H,22,23)(H,19,20,21). The SMILES string of the molecule is O=C(Nc1c(Cl)cccc1Cl)c1cnc(NCc2ccco2)nc1. The number of furan rings is 1. The van der Waals surface area contributed by atoms with Crippen LogP contribution in [0.5, 0.6) is 0 Å². The van der Waals surface area contributed by atoms with Crippen LogP contribution in [0.15, 0.2) is 53.4 Å². The maximum atomic E-state index is 12.2. The van der Waals surface area contributed by atoms with Crippen molar-refractivity contribution in [2.24, 2.45) is 0 Å². The third kappa shape index (κ3) is 3.84. The van der Waals surface area contributed by atoms with E-state index in [2.05, 4.69) is 20.6 Å². The van der Waals surface area contributed by atoms with Crippen molar-refractivity contribution in [1.82, 2.24) is 9.97 Å². The summed E-state index contributed by atoms with van der Waals surface area (Å²) in [7, 11) is 0. The molecule has 1 amide bonds. The molecule has 0 radical (unpaired) electrons. The van der Waals surface area contributed by atoms with Gasteiger partial charge < -0.3 is 15.1 Å². The summed E-state index contributed by atoms with van der Waals surface area (Å²) in [4.78, 5) is 20.4. The van der Waals surface area contributed by atoms with Crippen LogP contribution in [0.2, 0.25) is 10.0 Å². The molecule has 0 atom stereocenters. The number of carbonyl (C=O) groups is 1. The molecule has 0 saturated carbocycles. The Balaban J connectivity index is 1.65. The first kappa shape index (κ1) is 16.3. The van der Waals surface area contributed by atoms with E-state index in [1.165, 1.54) is 12.4 Å². The second kappa shape index (κ2) is 7.33. The minimum absolute atomic E-state index is 0.287. The van der Waals surface area contributed by atoms with E-state index in [1.807, 2.05) is 6.07 Å². The second-order valence-corrected chi connectivity index (χ2v) is 5.59. The molecule has 0 saturated heterocycles. The maximum absolute atomic E-state index is 12.2. The number of nitrogens with zero attached hydrogens (tertiary/aromatic N) is 2. The van der Waals surface area contributed by atoms with E-state index in [0.717, 1.165) is 5.76 Å². The van der Waals surface area contributed by atoms with Gasteiger partial charge in [0.25, 0.3) is 5.91 Å². The highest BCUT2D eigenvalue weighted by atomic mass is 35.5. The van der Waals surface area contributed by atoms with Gasteiger partial charge in [0.2, 0.25) is 5.95 Å². The summed E-state index contributed by atoms with van der Waals surface area (Å²) < 4.78 is 5.20. The van der Waals surface area contributed by atoms with Crippen molar-refractivity contribution in [3.63, 3.8) is 0 Å². The Hall–Kier alpha value is -2.57. The van der Waals surface area contributed by atoms with Crippen molar-refractivity contribution < 1.29 is 9.21 Å². The molecule has 2 heterocycles. The number of anilines is 2. The van der Waals surface area contributed by atoms with Crippen molar-refractivity contribution in [2.75, 3.05) is 10.6 Å². The van der Waals surface area contributed by atoms with Crippen LogP contribution in [0.1, 0.15) is 16.1 Å². The lowest BCUT2D eigenvalue weighted by molar-refractivity contribution is 0.102. The van der Waals surface area contributed by atoms with Gasteiger partial charge in [0, 0.05) is 12.4 Å². The van der Waals surface area contributed by atoms with Gasteiger partial charge in [0.1, 0.15) is 5.76 Å². The van der Waals surface area contributed by atoms with E-state index in [-0.39, 0.29) is 5.56 Å². The van der Waals surface area contributed by atoms with Crippen LogP contribution in [-0.4, -0.2) is 15.9 Å². The second-order valence-electron chi connectivity index (χ2n) is 4.78. The Bertz CT molecular complexity index is 816. The molecule has 2 aromatic heterocycles. The molecular weight excluding hydrogens is 351 g/mol. The van der Waals surface area contributed by atoms with E-state index in [0.29, 0.717) is 28.2 Å². The van der Waals surface area contributed by atoms with Gasteiger partial charge in [-0.25, -0.2) is 9.97 Å². The van der Waals surface area contributed by atoms with Crippen LogP contribution in [0.3, 0.4) is 0 Å². The molecule has 6 nitrogen and oxygen atoms in total. The lowest BCUT2D eigenvalue weighted by Crippen LogP contribution is -2.14. The summed E-state index contributed by atoms with van der Waals surface area (Å²) in [5, 5.41) is 6.35. The number of nitrogens with one attached hydrogen (secondary N) is 2. The molecule has 8 heteroatoms. The highest BCUT2D eigenvalue weighted by Gasteiger charge is 2.12. The number of para-hydroxylation sites is 1. The zero-order valence-corrected chi connectivity index (χ0v) is 13.8. The molecule has 0 fully saturated rings. The fraction of sp³-hybridized carbons (Fsp3) is 0.0625. The molecule has 0 aliphatic rings. The normalized spacial score (nSPS) is 10.4. The minimum Gasteiger partial charge on any atom is -0.467 e. The van der Waals surface area contributed by atoms with Crippen molar-refractivity contribution in [3.05, 3.63) is 70.4 Å². The number of hydrogen-bond acceptors (Lipinski definition) is 5. The molecular formula is C16H12Cl2N4O2. The maximum Gasteiger partial charge on any atom is 0.258 e. The Morgan fingerprint density at radius 2 is 1.79 bits per heavy atom. The van der Waals surface area contributed by atoms with Crippen LogP contribution < -0.4 is 10.6 Å². The van der Waals surface area contributed by atoms with Crippen LogP contribution >= 0.6 is 23.2 Å². The van der Waals surface area contributed by atoms with Crippen molar-refractivity contribution >= 4 is 40.7 Å². The summed E-state index contributed by atoms with van der Waals surface area (Å²) in [6.45, 7) is 0.452. The van der Waals surface area contributed by atoms with Crippen molar-refractivity contribution in [2.45, 2.75) is 6.54 Å². The number of amides is 1. The quantitative estimate of drug-likeness (QED) is 0.709. The smallest absolute Gasteiger partial charge is 0.258 e. The number of rotatable bonds is 5. The van der Waals surface area contributed by atoms with Gasteiger partial charge in [0.05, 0.1) is 34.1 Å². The largest absolute Gasteiger partial charge is 0.467 e. The highest BCUT2D eigenvalue weighted by molar-refractivity contribution is 6.40. The number of carbonyl (C=O) groups excluding carboxylic acids is 1. The molecule has 0 bridgehead atoms. The first-order valence-electron chi connectivity index (χ1n) is 6.97. The summed E-state index contributed by atoms with van der Waals surface area (Å²) in [5.41, 5.74) is 0.639. The van der Waals surface area contributed by atoms with E-state index >= 15 is 0 Å². The van der Waals surface area contributed by atoms with Crippen LogP contribution in [0.4, 0.5) is 11.6 Å². The summed E-state index contributed by atoms with van der Waals surface area (Å²) in [6, 6.07) is 8.61. The molecule has 24 heavy (non-hydrogen) atoms. The third-order valence-electron chi connectivity index (χ3n) is 3.12. The highest BCUT2D eigenvalue weighted by Crippen LogP contribution is 2.30. The first-order valence-corrected chi connectivity index (χ1v) is 7.73. The molecule has 3 aromatic rings.